The lowest BCUT2D eigenvalue weighted by Gasteiger charge is -2.39. The zero-order chi connectivity index (χ0) is 14.6. The summed E-state index contributed by atoms with van der Waals surface area (Å²) < 4.78 is 5.42. The molecule has 20 heavy (non-hydrogen) atoms. The maximum atomic E-state index is 12.8. The van der Waals surface area contributed by atoms with E-state index in [2.05, 4.69) is 5.32 Å². The second kappa shape index (κ2) is 5.94. The highest BCUT2D eigenvalue weighted by molar-refractivity contribution is 5.89. The van der Waals surface area contributed by atoms with Crippen molar-refractivity contribution in [3.8, 4) is 0 Å². The molecule has 0 aliphatic carbocycles. The zero-order valence-electron chi connectivity index (χ0n) is 12.2. The molecular formula is C16H23NO3. The number of amides is 1. The molecule has 1 aliphatic heterocycles. The van der Waals surface area contributed by atoms with Crippen molar-refractivity contribution in [2.75, 3.05) is 19.8 Å². The van der Waals surface area contributed by atoms with Crippen LogP contribution in [0.2, 0.25) is 0 Å². The van der Waals surface area contributed by atoms with Crippen LogP contribution in [-0.4, -0.2) is 36.4 Å². The van der Waals surface area contributed by atoms with E-state index in [0.29, 0.717) is 26.1 Å². The summed E-state index contributed by atoms with van der Waals surface area (Å²) in [6, 6.07) is 9.85. The summed E-state index contributed by atoms with van der Waals surface area (Å²) in [7, 11) is 0. The highest BCUT2D eigenvalue weighted by Gasteiger charge is 2.43. The lowest BCUT2D eigenvalue weighted by molar-refractivity contribution is -0.132. The Morgan fingerprint density at radius 2 is 1.90 bits per heavy atom. The SMILES string of the molecule is CC(C)(CO)NC(=O)C1(c2ccccc2)CCOCC1. The van der Waals surface area contributed by atoms with Crippen molar-refractivity contribution in [3.63, 3.8) is 0 Å². The summed E-state index contributed by atoms with van der Waals surface area (Å²) in [5.74, 6) is -0.0222. The third-order valence-electron chi connectivity index (χ3n) is 3.95. The molecular weight excluding hydrogens is 254 g/mol. The number of ether oxygens (including phenoxy) is 1. The molecule has 0 saturated carbocycles. The molecule has 0 spiro atoms. The molecule has 0 atom stereocenters. The molecule has 1 saturated heterocycles. The van der Waals surface area contributed by atoms with E-state index < -0.39 is 11.0 Å². The lowest BCUT2D eigenvalue weighted by Crippen LogP contribution is -2.55. The fourth-order valence-electron chi connectivity index (χ4n) is 2.59. The van der Waals surface area contributed by atoms with Crippen molar-refractivity contribution >= 4 is 5.91 Å². The second-order valence-electron chi connectivity index (χ2n) is 6.06. The predicted octanol–water partition coefficient (Wildman–Crippen LogP) is 1.62. The summed E-state index contributed by atoms with van der Waals surface area (Å²) in [4.78, 5) is 12.8. The standard InChI is InChI=1S/C16H23NO3/c1-15(2,12-18)17-14(19)16(8-10-20-11-9-16)13-6-4-3-5-7-13/h3-7,18H,8-12H2,1-2H3,(H,17,19). The first-order chi connectivity index (χ1) is 9.50. The highest BCUT2D eigenvalue weighted by Crippen LogP contribution is 2.35. The first kappa shape index (κ1) is 15.0. The van der Waals surface area contributed by atoms with E-state index in [0.717, 1.165) is 5.56 Å². The summed E-state index contributed by atoms with van der Waals surface area (Å²) in [5.41, 5.74) is -0.141. The third-order valence-corrected chi connectivity index (χ3v) is 3.95. The van der Waals surface area contributed by atoms with Gasteiger partial charge in [0.15, 0.2) is 0 Å². The molecule has 1 amide bonds. The van der Waals surface area contributed by atoms with E-state index in [4.69, 9.17) is 4.74 Å². The van der Waals surface area contributed by atoms with Crippen LogP contribution in [0.4, 0.5) is 0 Å². The summed E-state index contributed by atoms with van der Waals surface area (Å²) in [5, 5.41) is 12.3. The first-order valence-electron chi connectivity index (χ1n) is 7.07. The van der Waals surface area contributed by atoms with Gasteiger partial charge in [0.25, 0.3) is 0 Å². The Kier molecular flexibility index (Phi) is 4.45. The number of benzene rings is 1. The lowest BCUT2D eigenvalue weighted by atomic mass is 9.73. The molecule has 2 N–H and O–H groups in total. The smallest absolute Gasteiger partial charge is 0.231 e. The van der Waals surface area contributed by atoms with E-state index in [-0.39, 0.29) is 12.5 Å². The maximum absolute atomic E-state index is 12.8. The monoisotopic (exact) mass is 277 g/mol. The third kappa shape index (κ3) is 3.02. The average Bonchev–Trinajstić information content (AvgIpc) is 2.48. The minimum Gasteiger partial charge on any atom is -0.394 e. The van der Waals surface area contributed by atoms with E-state index in [1.165, 1.54) is 0 Å². The van der Waals surface area contributed by atoms with E-state index in [9.17, 15) is 9.90 Å². The highest BCUT2D eigenvalue weighted by atomic mass is 16.5. The van der Waals surface area contributed by atoms with Crippen LogP contribution in [0.3, 0.4) is 0 Å². The predicted molar refractivity (Wildman–Crippen MR) is 77.5 cm³/mol. The Bertz CT molecular complexity index is 450. The number of aliphatic hydroxyl groups excluding tert-OH is 1. The van der Waals surface area contributed by atoms with Gasteiger partial charge >= 0.3 is 0 Å². The minimum absolute atomic E-state index is 0.0222. The molecule has 1 aromatic rings. The van der Waals surface area contributed by atoms with Gasteiger partial charge in [-0.2, -0.15) is 0 Å². The van der Waals surface area contributed by atoms with Gasteiger partial charge in [-0.25, -0.2) is 0 Å². The normalized spacial score (nSPS) is 18.6. The van der Waals surface area contributed by atoms with E-state index >= 15 is 0 Å². The molecule has 0 radical (unpaired) electrons. The van der Waals surface area contributed by atoms with Gasteiger partial charge in [-0.3, -0.25) is 4.79 Å². The Balaban J connectivity index is 2.30. The van der Waals surface area contributed by atoms with Gasteiger partial charge in [0.1, 0.15) is 0 Å². The molecule has 0 unspecified atom stereocenters. The van der Waals surface area contributed by atoms with E-state index in [1.54, 1.807) is 0 Å². The fourth-order valence-corrected chi connectivity index (χ4v) is 2.59. The van der Waals surface area contributed by atoms with Crippen LogP contribution in [0.25, 0.3) is 0 Å². The van der Waals surface area contributed by atoms with Crippen LogP contribution >= 0.6 is 0 Å². The quantitative estimate of drug-likeness (QED) is 0.879. The number of hydrogen-bond acceptors (Lipinski definition) is 3. The molecule has 1 heterocycles. The molecule has 4 nitrogen and oxygen atoms in total. The number of hydrogen-bond donors (Lipinski definition) is 2. The second-order valence-corrected chi connectivity index (χ2v) is 6.06. The van der Waals surface area contributed by atoms with E-state index in [1.807, 2.05) is 44.2 Å². The Morgan fingerprint density at radius 3 is 2.45 bits per heavy atom. The molecule has 1 aliphatic rings. The average molecular weight is 277 g/mol. The molecule has 0 aromatic heterocycles. The molecule has 1 aromatic carbocycles. The van der Waals surface area contributed by atoms with Gasteiger partial charge < -0.3 is 15.2 Å². The summed E-state index contributed by atoms with van der Waals surface area (Å²) in [6.07, 6.45) is 1.34. The van der Waals surface area contributed by atoms with Gasteiger partial charge in [-0.05, 0) is 32.3 Å². The van der Waals surface area contributed by atoms with Gasteiger partial charge in [0.2, 0.25) is 5.91 Å². The molecule has 0 bridgehead atoms. The summed E-state index contributed by atoms with van der Waals surface area (Å²) >= 11 is 0. The van der Waals surface area contributed by atoms with Gasteiger partial charge in [-0.1, -0.05) is 30.3 Å². The summed E-state index contributed by atoms with van der Waals surface area (Å²) in [6.45, 7) is 4.73. The van der Waals surface area contributed by atoms with Crippen LogP contribution in [0.1, 0.15) is 32.3 Å². The van der Waals surface area contributed by atoms with Crippen LogP contribution in [0.15, 0.2) is 30.3 Å². The minimum atomic E-state index is -0.614. The van der Waals surface area contributed by atoms with Crippen molar-refractivity contribution < 1.29 is 14.6 Å². The van der Waals surface area contributed by atoms with Crippen LogP contribution < -0.4 is 5.32 Å². The van der Waals surface area contributed by atoms with Crippen molar-refractivity contribution in [2.45, 2.75) is 37.6 Å². The number of carbonyl (C=O) groups is 1. The largest absolute Gasteiger partial charge is 0.394 e. The first-order valence-corrected chi connectivity index (χ1v) is 7.07. The van der Waals surface area contributed by atoms with Crippen LogP contribution in [0, 0.1) is 0 Å². The maximum Gasteiger partial charge on any atom is 0.231 e. The van der Waals surface area contributed by atoms with Crippen molar-refractivity contribution in [1.29, 1.82) is 0 Å². The van der Waals surface area contributed by atoms with Crippen LogP contribution in [0.5, 0.6) is 0 Å². The van der Waals surface area contributed by atoms with Gasteiger partial charge in [-0.15, -0.1) is 0 Å². The van der Waals surface area contributed by atoms with Gasteiger partial charge in [0.05, 0.1) is 17.6 Å². The van der Waals surface area contributed by atoms with Gasteiger partial charge in [0, 0.05) is 13.2 Å². The Labute approximate surface area is 120 Å². The Morgan fingerprint density at radius 1 is 1.30 bits per heavy atom. The Hall–Kier alpha value is -1.39. The molecule has 1 fully saturated rings. The number of nitrogens with one attached hydrogen (secondary N) is 1. The fraction of sp³-hybridized carbons (Fsp3) is 0.562. The number of carbonyl (C=O) groups excluding carboxylic acids is 1. The zero-order valence-corrected chi connectivity index (χ0v) is 12.2. The number of rotatable bonds is 4. The van der Waals surface area contributed by atoms with Crippen LogP contribution in [-0.2, 0) is 14.9 Å². The molecule has 110 valence electrons. The molecule has 4 heteroatoms. The van der Waals surface area contributed by atoms with Crippen molar-refractivity contribution in [2.24, 2.45) is 0 Å². The van der Waals surface area contributed by atoms with Crippen molar-refractivity contribution in [3.05, 3.63) is 35.9 Å². The number of aliphatic hydroxyl groups is 1. The van der Waals surface area contributed by atoms with Crippen molar-refractivity contribution in [1.82, 2.24) is 5.32 Å². The molecule has 2 rings (SSSR count). The topological polar surface area (TPSA) is 58.6 Å².